The Labute approximate surface area is 196 Å². The summed E-state index contributed by atoms with van der Waals surface area (Å²) in [4.78, 5) is 37.1. The van der Waals surface area contributed by atoms with Crippen LogP contribution in [0.4, 0.5) is 4.79 Å². The molecule has 9 heteroatoms. The number of fused-ring (bicyclic) bond motifs is 1. The van der Waals surface area contributed by atoms with Gasteiger partial charge in [0.1, 0.15) is 18.5 Å². The molecular weight excluding hydrogens is 438 g/mol. The average Bonchev–Trinajstić information content (AvgIpc) is 3.28. The third-order valence-electron chi connectivity index (χ3n) is 5.73. The van der Waals surface area contributed by atoms with Gasteiger partial charge in [-0.3, -0.25) is 9.69 Å². The fraction of sp³-hybridized carbons (Fsp3) is 0.320. The Bertz CT molecular complexity index is 1200. The zero-order valence-corrected chi connectivity index (χ0v) is 19.1. The average molecular weight is 466 g/mol. The minimum absolute atomic E-state index is 0.0704. The Morgan fingerprint density at radius 2 is 1.94 bits per heavy atom. The van der Waals surface area contributed by atoms with Gasteiger partial charge >= 0.3 is 12.0 Å². The van der Waals surface area contributed by atoms with Crippen molar-refractivity contribution in [2.75, 3.05) is 26.3 Å². The van der Waals surface area contributed by atoms with Crippen LogP contribution in [0.25, 0.3) is 10.9 Å². The van der Waals surface area contributed by atoms with E-state index in [9.17, 15) is 19.5 Å². The number of carbonyl (C=O) groups is 3. The van der Waals surface area contributed by atoms with Gasteiger partial charge in [0, 0.05) is 23.1 Å². The predicted molar refractivity (Wildman–Crippen MR) is 125 cm³/mol. The molecule has 2 heterocycles. The van der Waals surface area contributed by atoms with Crippen molar-refractivity contribution in [2.45, 2.75) is 26.5 Å². The van der Waals surface area contributed by atoms with E-state index in [0.717, 1.165) is 21.7 Å². The van der Waals surface area contributed by atoms with Gasteiger partial charge in [-0.15, -0.1) is 0 Å². The topological polar surface area (TPSA) is 110 Å². The van der Waals surface area contributed by atoms with Crippen LogP contribution in [0.15, 0.2) is 48.5 Å². The molecule has 0 spiro atoms. The van der Waals surface area contributed by atoms with Crippen molar-refractivity contribution in [3.8, 4) is 5.75 Å². The molecule has 1 saturated heterocycles. The second-order valence-electron chi connectivity index (χ2n) is 8.06. The summed E-state index contributed by atoms with van der Waals surface area (Å²) in [6, 6.07) is 14.8. The highest BCUT2D eigenvalue weighted by molar-refractivity contribution is 6.06. The van der Waals surface area contributed by atoms with Gasteiger partial charge in [-0.2, -0.15) is 0 Å². The number of rotatable bonds is 9. The summed E-state index contributed by atoms with van der Waals surface area (Å²) in [5.74, 6) is -0.349. The first-order valence-corrected chi connectivity index (χ1v) is 11.1. The molecule has 1 aliphatic heterocycles. The normalized spacial score (nSPS) is 14.4. The molecule has 0 radical (unpaired) electrons. The summed E-state index contributed by atoms with van der Waals surface area (Å²) >= 11 is 0. The monoisotopic (exact) mass is 465 g/mol. The minimum Gasteiger partial charge on any atom is -0.491 e. The molecule has 1 aromatic heterocycles. The highest BCUT2D eigenvalue weighted by Gasteiger charge is 2.30. The van der Waals surface area contributed by atoms with E-state index in [2.05, 4.69) is 9.88 Å². The molecule has 2 aromatic carbocycles. The maximum atomic E-state index is 12.8. The van der Waals surface area contributed by atoms with E-state index in [4.69, 9.17) is 9.47 Å². The number of benzene rings is 2. The summed E-state index contributed by atoms with van der Waals surface area (Å²) in [5.41, 5.74) is 3.21. The number of hydrogen-bond acceptors (Lipinski definition) is 6. The molecule has 1 fully saturated rings. The van der Waals surface area contributed by atoms with E-state index < -0.39 is 18.1 Å². The molecule has 3 amide bonds. The van der Waals surface area contributed by atoms with Crippen molar-refractivity contribution in [3.05, 3.63) is 65.4 Å². The molecule has 4 rings (SSSR count). The molecule has 34 heavy (non-hydrogen) atoms. The number of β-amino-alcohol motifs (C(OH)–C–C–N with tert-alkyl or cyclic N) is 1. The number of imide groups is 1. The van der Waals surface area contributed by atoms with E-state index in [1.165, 1.54) is 0 Å². The second kappa shape index (κ2) is 9.96. The summed E-state index contributed by atoms with van der Waals surface area (Å²) in [6.45, 7) is 4.14. The number of nitrogens with one attached hydrogen (secondary N) is 1. The summed E-state index contributed by atoms with van der Waals surface area (Å²) in [5, 5.41) is 13.4. The predicted octanol–water partition coefficient (Wildman–Crippen LogP) is 2.47. The third-order valence-corrected chi connectivity index (χ3v) is 5.73. The third kappa shape index (κ3) is 4.74. The Balaban J connectivity index is 1.58. The first-order valence-electron chi connectivity index (χ1n) is 11.1. The van der Waals surface area contributed by atoms with Crippen LogP contribution < -0.4 is 10.1 Å². The molecule has 1 atom stereocenters. The molecule has 1 aliphatic rings. The number of carbonyl (C=O) groups excluding carboxylic acids is 3. The van der Waals surface area contributed by atoms with Crippen LogP contribution in [0.2, 0.25) is 0 Å². The fourth-order valence-electron chi connectivity index (χ4n) is 4.08. The number of nitrogens with zero attached hydrogens (tertiary/aromatic N) is 2. The summed E-state index contributed by atoms with van der Waals surface area (Å²) < 4.78 is 13.1. The first-order chi connectivity index (χ1) is 16.4. The standard InChI is InChI=1S/C25H27N3O6/c1-3-33-24(31)23-16(2)27(13-17-7-5-4-6-8-17)21-10-9-19(11-20(21)23)34-15-18(29)14-28-22(30)12-26-25(28)32/h4-11,18,29H,3,12-15H2,1-2H3,(H,26,32)/t18-/m0/s1. The van der Waals surface area contributed by atoms with E-state index in [-0.39, 0.29) is 32.2 Å². The number of esters is 1. The van der Waals surface area contributed by atoms with Gasteiger partial charge in [-0.25, -0.2) is 9.59 Å². The number of ether oxygens (including phenoxy) is 2. The van der Waals surface area contributed by atoms with Gasteiger partial charge in [0.15, 0.2) is 0 Å². The summed E-state index contributed by atoms with van der Waals surface area (Å²) in [6.07, 6.45) is -1.06. The van der Waals surface area contributed by atoms with Crippen molar-refractivity contribution in [1.82, 2.24) is 14.8 Å². The lowest BCUT2D eigenvalue weighted by Crippen LogP contribution is -2.39. The van der Waals surface area contributed by atoms with Crippen molar-refractivity contribution >= 4 is 28.8 Å². The SMILES string of the molecule is CCOC(=O)c1c(C)n(Cc2ccccc2)c2ccc(OC[C@@H](O)CN3C(=O)CNC3=O)cc12. The molecule has 0 aliphatic carbocycles. The van der Waals surface area contributed by atoms with Crippen molar-refractivity contribution < 1.29 is 29.0 Å². The van der Waals surface area contributed by atoms with E-state index in [1.54, 1.807) is 19.1 Å². The zero-order chi connectivity index (χ0) is 24.2. The lowest BCUT2D eigenvalue weighted by Gasteiger charge is -2.18. The Kier molecular flexibility index (Phi) is 6.83. The first kappa shape index (κ1) is 23.3. The lowest BCUT2D eigenvalue weighted by molar-refractivity contribution is -0.126. The molecule has 0 unspecified atom stereocenters. The molecule has 0 bridgehead atoms. The Morgan fingerprint density at radius 3 is 2.62 bits per heavy atom. The van der Waals surface area contributed by atoms with Crippen molar-refractivity contribution in [1.29, 1.82) is 0 Å². The number of aliphatic hydroxyl groups is 1. The van der Waals surface area contributed by atoms with Gasteiger partial charge < -0.3 is 24.5 Å². The lowest BCUT2D eigenvalue weighted by atomic mass is 10.1. The van der Waals surface area contributed by atoms with Crippen LogP contribution in [0, 0.1) is 6.92 Å². The van der Waals surface area contributed by atoms with Crippen molar-refractivity contribution in [2.24, 2.45) is 0 Å². The van der Waals surface area contributed by atoms with E-state index in [1.807, 2.05) is 43.3 Å². The number of aromatic nitrogens is 1. The fourth-order valence-corrected chi connectivity index (χ4v) is 4.08. The van der Waals surface area contributed by atoms with Crippen LogP contribution in [-0.2, 0) is 16.1 Å². The highest BCUT2D eigenvalue weighted by Crippen LogP contribution is 2.31. The van der Waals surface area contributed by atoms with Gasteiger partial charge in [-0.1, -0.05) is 30.3 Å². The van der Waals surface area contributed by atoms with Crippen LogP contribution in [0.5, 0.6) is 5.75 Å². The minimum atomic E-state index is -1.06. The highest BCUT2D eigenvalue weighted by atomic mass is 16.5. The van der Waals surface area contributed by atoms with Gasteiger partial charge in [0.25, 0.3) is 0 Å². The van der Waals surface area contributed by atoms with E-state index >= 15 is 0 Å². The smallest absolute Gasteiger partial charge is 0.340 e. The van der Waals surface area contributed by atoms with Gasteiger partial charge in [0.2, 0.25) is 5.91 Å². The molecule has 2 N–H and O–H groups in total. The number of hydrogen-bond donors (Lipinski definition) is 2. The Morgan fingerprint density at radius 1 is 1.18 bits per heavy atom. The molecule has 0 saturated carbocycles. The van der Waals surface area contributed by atoms with Crippen LogP contribution in [-0.4, -0.2) is 64.9 Å². The van der Waals surface area contributed by atoms with Gasteiger partial charge in [-0.05, 0) is 37.6 Å². The van der Waals surface area contributed by atoms with Gasteiger partial charge in [0.05, 0.1) is 25.3 Å². The molecular formula is C25H27N3O6. The summed E-state index contributed by atoms with van der Waals surface area (Å²) in [7, 11) is 0. The number of urea groups is 1. The Hall–Kier alpha value is -3.85. The molecule has 9 nitrogen and oxygen atoms in total. The van der Waals surface area contributed by atoms with Crippen LogP contribution >= 0.6 is 0 Å². The second-order valence-corrected chi connectivity index (χ2v) is 8.06. The maximum absolute atomic E-state index is 12.8. The quantitative estimate of drug-likeness (QED) is 0.371. The maximum Gasteiger partial charge on any atom is 0.340 e. The zero-order valence-electron chi connectivity index (χ0n) is 19.1. The van der Waals surface area contributed by atoms with E-state index in [0.29, 0.717) is 23.2 Å². The van der Waals surface area contributed by atoms with Crippen molar-refractivity contribution in [3.63, 3.8) is 0 Å². The largest absolute Gasteiger partial charge is 0.491 e. The molecule has 3 aromatic rings. The van der Waals surface area contributed by atoms with Crippen LogP contribution in [0.3, 0.4) is 0 Å². The van der Waals surface area contributed by atoms with Crippen LogP contribution in [0.1, 0.15) is 28.5 Å². The number of aliphatic hydroxyl groups excluding tert-OH is 1. The molecule has 178 valence electrons. The number of amides is 3.